The molecule has 3 aromatic rings. The average molecular weight is 347 g/mol. The third-order valence-corrected chi connectivity index (χ3v) is 6.87. The molecule has 136 valence electrons. The minimum absolute atomic E-state index is 0.461. The second-order valence-corrected chi connectivity index (χ2v) is 8.34. The van der Waals surface area contributed by atoms with Gasteiger partial charge in [-0.05, 0) is 73.3 Å². The number of aromatic nitrogens is 2. The molecule has 1 unspecified atom stereocenters. The van der Waals surface area contributed by atoms with E-state index in [1.165, 1.54) is 60.7 Å². The summed E-state index contributed by atoms with van der Waals surface area (Å²) in [7, 11) is 0. The smallest absolute Gasteiger partial charge is 0.0456 e. The Labute approximate surface area is 157 Å². The predicted molar refractivity (Wildman–Crippen MR) is 109 cm³/mol. The van der Waals surface area contributed by atoms with Crippen molar-refractivity contribution in [3.8, 4) is 0 Å². The highest BCUT2D eigenvalue weighted by molar-refractivity contribution is 5.82. The summed E-state index contributed by atoms with van der Waals surface area (Å²) < 4.78 is 0. The lowest BCUT2D eigenvalue weighted by molar-refractivity contribution is 0.204. The Morgan fingerprint density at radius 3 is 2.88 bits per heavy atom. The third kappa shape index (κ3) is 3.30. The quantitative estimate of drug-likeness (QED) is 0.542. The summed E-state index contributed by atoms with van der Waals surface area (Å²) >= 11 is 0. The summed E-state index contributed by atoms with van der Waals surface area (Å²) in [5.74, 6) is 1.45. The first-order valence-corrected chi connectivity index (χ1v) is 10.2. The van der Waals surface area contributed by atoms with Gasteiger partial charge in [0.1, 0.15) is 0 Å². The van der Waals surface area contributed by atoms with E-state index in [0.717, 1.165) is 5.92 Å². The van der Waals surface area contributed by atoms with Gasteiger partial charge in [0.25, 0.3) is 0 Å². The molecule has 2 heteroatoms. The van der Waals surface area contributed by atoms with E-state index in [2.05, 4.69) is 66.4 Å². The van der Waals surface area contributed by atoms with Crippen LogP contribution in [-0.2, 0) is 6.42 Å². The number of hydrogen-bond acceptors (Lipinski definition) is 1. The highest BCUT2D eigenvalue weighted by Gasteiger charge is 2.42. The van der Waals surface area contributed by atoms with Gasteiger partial charge >= 0.3 is 0 Å². The Hall–Kier alpha value is -2.09. The van der Waals surface area contributed by atoms with Crippen LogP contribution < -0.4 is 0 Å². The molecule has 0 spiro atoms. The van der Waals surface area contributed by atoms with Crippen molar-refractivity contribution >= 4 is 10.9 Å². The van der Waals surface area contributed by atoms with Crippen LogP contribution in [0.3, 0.4) is 0 Å². The van der Waals surface area contributed by atoms with Crippen LogP contribution in [0, 0.1) is 11.3 Å². The van der Waals surface area contributed by atoms with Gasteiger partial charge in [-0.1, -0.05) is 38.5 Å². The molecule has 0 amide bonds. The number of benzene rings is 1. The van der Waals surface area contributed by atoms with Gasteiger partial charge in [0.15, 0.2) is 0 Å². The molecule has 1 fully saturated rings. The fourth-order valence-electron chi connectivity index (χ4n) is 5.09. The molecular weight excluding hydrogens is 316 g/mol. The average Bonchev–Trinajstić information content (AvgIpc) is 3.28. The number of aryl methyl sites for hydroxylation is 1. The standard InChI is InChI=1S/C24H30N2/c1-3-24(2)17-19(22-11-4-5-14-25-22)16-20(24)10-6-8-18-9-7-12-23-21(18)13-15-26-23/h4-5,7,9,11-15,19-20,26H,3,6,8,10,16-17H2,1-2H3/t19?,20-,24+/m1/s1. The van der Waals surface area contributed by atoms with Crippen LogP contribution in [-0.4, -0.2) is 9.97 Å². The van der Waals surface area contributed by atoms with Gasteiger partial charge in [-0.15, -0.1) is 0 Å². The van der Waals surface area contributed by atoms with Crippen LogP contribution in [0.1, 0.15) is 63.1 Å². The van der Waals surface area contributed by atoms with Gasteiger partial charge in [-0.3, -0.25) is 4.98 Å². The zero-order valence-corrected chi connectivity index (χ0v) is 16.0. The van der Waals surface area contributed by atoms with E-state index >= 15 is 0 Å². The molecule has 0 aliphatic heterocycles. The monoisotopic (exact) mass is 346 g/mol. The molecule has 1 aromatic carbocycles. The lowest BCUT2D eigenvalue weighted by atomic mass is 9.75. The summed E-state index contributed by atoms with van der Waals surface area (Å²) in [5, 5.41) is 1.39. The number of pyridine rings is 1. The van der Waals surface area contributed by atoms with Crippen LogP contribution >= 0.6 is 0 Å². The van der Waals surface area contributed by atoms with Crippen molar-refractivity contribution < 1.29 is 0 Å². The van der Waals surface area contributed by atoms with Gasteiger partial charge in [-0.25, -0.2) is 0 Å². The molecule has 4 rings (SSSR count). The highest BCUT2D eigenvalue weighted by Crippen LogP contribution is 2.53. The number of fused-ring (bicyclic) bond motifs is 1. The van der Waals surface area contributed by atoms with Crippen molar-refractivity contribution in [2.24, 2.45) is 11.3 Å². The molecule has 1 saturated carbocycles. The molecule has 0 saturated heterocycles. The number of hydrogen-bond donors (Lipinski definition) is 1. The number of nitrogens with zero attached hydrogens (tertiary/aromatic N) is 1. The first-order chi connectivity index (χ1) is 12.7. The highest BCUT2D eigenvalue weighted by atomic mass is 14.7. The van der Waals surface area contributed by atoms with Crippen LogP contribution in [0.4, 0.5) is 0 Å². The topological polar surface area (TPSA) is 28.7 Å². The van der Waals surface area contributed by atoms with Crippen molar-refractivity contribution in [2.45, 2.75) is 58.3 Å². The Kier molecular flexibility index (Phi) is 4.84. The van der Waals surface area contributed by atoms with E-state index in [9.17, 15) is 0 Å². The second kappa shape index (κ2) is 7.26. The maximum Gasteiger partial charge on any atom is 0.0456 e. The first kappa shape index (κ1) is 17.3. The SMILES string of the molecule is CC[C@@]1(C)CC(c2ccccn2)C[C@H]1CCCc1cccc2[nH]ccc12. The van der Waals surface area contributed by atoms with Crippen molar-refractivity contribution in [2.75, 3.05) is 0 Å². The fourth-order valence-corrected chi connectivity index (χ4v) is 5.09. The molecule has 3 atom stereocenters. The van der Waals surface area contributed by atoms with E-state index in [4.69, 9.17) is 0 Å². The number of rotatable bonds is 6. The zero-order valence-electron chi connectivity index (χ0n) is 16.0. The lowest BCUT2D eigenvalue weighted by Gasteiger charge is -2.30. The molecule has 0 radical (unpaired) electrons. The maximum absolute atomic E-state index is 4.65. The van der Waals surface area contributed by atoms with Crippen LogP contribution in [0.15, 0.2) is 54.9 Å². The zero-order chi connectivity index (χ0) is 18.0. The summed E-state index contributed by atoms with van der Waals surface area (Å²) in [6, 6.07) is 15.2. The normalized spacial score (nSPS) is 25.8. The van der Waals surface area contributed by atoms with Gasteiger partial charge in [0.05, 0.1) is 0 Å². The van der Waals surface area contributed by atoms with E-state index in [-0.39, 0.29) is 0 Å². The fraction of sp³-hybridized carbons (Fsp3) is 0.458. The van der Waals surface area contributed by atoms with Crippen molar-refractivity contribution in [1.82, 2.24) is 9.97 Å². The van der Waals surface area contributed by atoms with Gasteiger partial charge in [0, 0.05) is 34.9 Å². The molecule has 26 heavy (non-hydrogen) atoms. The van der Waals surface area contributed by atoms with Crippen LogP contribution in [0.2, 0.25) is 0 Å². The number of H-pyrrole nitrogens is 1. The summed E-state index contributed by atoms with van der Waals surface area (Å²) in [4.78, 5) is 7.98. The van der Waals surface area contributed by atoms with Crippen molar-refractivity contribution in [1.29, 1.82) is 0 Å². The third-order valence-electron chi connectivity index (χ3n) is 6.87. The Balaban J connectivity index is 1.42. The molecule has 1 aliphatic rings. The molecule has 0 bridgehead atoms. The molecular formula is C24H30N2. The Bertz CT molecular complexity index is 851. The number of nitrogens with one attached hydrogen (secondary N) is 1. The maximum atomic E-state index is 4.65. The van der Waals surface area contributed by atoms with Crippen molar-refractivity contribution in [3.63, 3.8) is 0 Å². The predicted octanol–water partition coefficient (Wildman–Crippen LogP) is 6.50. The van der Waals surface area contributed by atoms with Crippen molar-refractivity contribution in [3.05, 3.63) is 66.1 Å². The van der Waals surface area contributed by atoms with Gasteiger partial charge in [0.2, 0.25) is 0 Å². The molecule has 2 aromatic heterocycles. The van der Waals surface area contributed by atoms with Crippen LogP contribution in [0.25, 0.3) is 10.9 Å². The van der Waals surface area contributed by atoms with E-state index in [1.807, 2.05) is 12.3 Å². The first-order valence-electron chi connectivity index (χ1n) is 10.2. The molecule has 1 N–H and O–H groups in total. The lowest BCUT2D eigenvalue weighted by Crippen LogP contribution is -2.20. The van der Waals surface area contributed by atoms with Gasteiger partial charge < -0.3 is 4.98 Å². The summed E-state index contributed by atoms with van der Waals surface area (Å²) in [6.45, 7) is 4.88. The van der Waals surface area contributed by atoms with Gasteiger partial charge in [-0.2, -0.15) is 0 Å². The van der Waals surface area contributed by atoms with Crippen LogP contribution in [0.5, 0.6) is 0 Å². The minimum Gasteiger partial charge on any atom is -0.361 e. The second-order valence-electron chi connectivity index (χ2n) is 8.34. The molecule has 1 aliphatic carbocycles. The Morgan fingerprint density at radius 1 is 1.15 bits per heavy atom. The summed E-state index contributed by atoms with van der Waals surface area (Å²) in [6.07, 6.45) is 11.6. The molecule has 2 heterocycles. The van der Waals surface area contributed by atoms with E-state index < -0.39 is 0 Å². The summed E-state index contributed by atoms with van der Waals surface area (Å²) in [5.41, 5.74) is 4.51. The number of aromatic amines is 1. The largest absolute Gasteiger partial charge is 0.361 e. The molecule has 2 nitrogen and oxygen atoms in total. The van der Waals surface area contributed by atoms with E-state index in [1.54, 1.807) is 0 Å². The minimum atomic E-state index is 0.461. The Morgan fingerprint density at radius 2 is 2.08 bits per heavy atom. The van der Waals surface area contributed by atoms with E-state index in [0.29, 0.717) is 11.3 Å².